The zero-order valence-corrected chi connectivity index (χ0v) is 9.81. The summed E-state index contributed by atoms with van der Waals surface area (Å²) in [5.74, 6) is 7.03. The molecule has 1 heterocycles. The molecule has 0 radical (unpaired) electrons. The maximum absolute atomic E-state index is 11.2. The van der Waals surface area contributed by atoms with E-state index in [1.807, 2.05) is 12.1 Å². The normalized spacial score (nSPS) is 13.4. The fourth-order valence-electron chi connectivity index (χ4n) is 1.68. The smallest absolute Gasteiger partial charge is 0.224 e. The molecule has 0 spiro atoms. The summed E-state index contributed by atoms with van der Waals surface area (Å²) >= 11 is 4.11. The van der Waals surface area contributed by atoms with Crippen LogP contribution < -0.4 is 5.32 Å². The van der Waals surface area contributed by atoms with Crippen LogP contribution in [0, 0.1) is 11.8 Å². The van der Waals surface area contributed by atoms with Crippen molar-refractivity contribution in [2.75, 3.05) is 11.1 Å². The number of hydrogen-bond acceptors (Lipinski definition) is 2. The Morgan fingerprint density at radius 2 is 2.25 bits per heavy atom. The molecule has 16 heavy (non-hydrogen) atoms. The number of benzene rings is 1. The zero-order valence-electron chi connectivity index (χ0n) is 8.92. The number of carbonyl (C=O) groups excluding carboxylic acids is 1. The Kier molecular flexibility index (Phi) is 3.53. The summed E-state index contributed by atoms with van der Waals surface area (Å²) in [6.07, 6.45) is 2.18. The maximum Gasteiger partial charge on any atom is 0.224 e. The number of anilines is 1. The Bertz CT molecular complexity index is 471. The number of thiol groups is 1. The Balaban J connectivity index is 2.20. The van der Waals surface area contributed by atoms with Crippen LogP contribution in [0.15, 0.2) is 18.2 Å². The van der Waals surface area contributed by atoms with E-state index in [9.17, 15) is 4.79 Å². The van der Waals surface area contributed by atoms with Crippen LogP contribution in [0.5, 0.6) is 0 Å². The van der Waals surface area contributed by atoms with Gasteiger partial charge in [0.1, 0.15) is 0 Å². The molecule has 0 bridgehead atoms. The standard InChI is InChI=1S/C13H13NOS/c15-13-7-5-11-9-10(3-1-2-8-16)4-6-12(11)14-13/h4,6,9,16H,2,5,7-8H2,(H,14,15). The summed E-state index contributed by atoms with van der Waals surface area (Å²) in [6.45, 7) is 0. The highest BCUT2D eigenvalue weighted by atomic mass is 32.1. The lowest BCUT2D eigenvalue weighted by molar-refractivity contribution is -0.116. The predicted octanol–water partition coefficient (Wildman–Crippen LogP) is 2.24. The first-order valence-electron chi connectivity index (χ1n) is 5.32. The third kappa shape index (κ3) is 2.59. The first-order chi connectivity index (χ1) is 7.79. The van der Waals surface area contributed by atoms with Gasteiger partial charge in [0.15, 0.2) is 0 Å². The largest absolute Gasteiger partial charge is 0.326 e. The number of amides is 1. The summed E-state index contributed by atoms with van der Waals surface area (Å²) < 4.78 is 0. The topological polar surface area (TPSA) is 29.1 Å². The van der Waals surface area contributed by atoms with Crippen molar-refractivity contribution in [1.29, 1.82) is 0 Å². The summed E-state index contributed by atoms with van der Waals surface area (Å²) in [5, 5.41) is 2.86. The summed E-state index contributed by atoms with van der Waals surface area (Å²) in [4.78, 5) is 11.2. The Hall–Kier alpha value is -1.40. The molecule has 0 saturated carbocycles. The van der Waals surface area contributed by atoms with E-state index in [0.29, 0.717) is 6.42 Å². The van der Waals surface area contributed by atoms with E-state index < -0.39 is 0 Å². The average Bonchev–Trinajstić information content (AvgIpc) is 2.29. The van der Waals surface area contributed by atoms with E-state index in [1.54, 1.807) is 0 Å². The third-order valence-electron chi connectivity index (χ3n) is 2.47. The molecule has 0 atom stereocenters. The molecule has 2 nitrogen and oxygen atoms in total. The van der Waals surface area contributed by atoms with Crippen LogP contribution in [0.4, 0.5) is 5.69 Å². The van der Waals surface area contributed by atoms with Crippen molar-refractivity contribution in [2.24, 2.45) is 0 Å². The molecule has 1 aromatic carbocycles. The first kappa shape index (κ1) is 11.1. The molecule has 1 aromatic rings. The molecule has 1 amide bonds. The maximum atomic E-state index is 11.2. The molecule has 82 valence electrons. The quantitative estimate of drug-likeness (QED) is 0.563. The van der Waals surface area contributed by atoms with Crippen LogP contribution >= 0.6 is 12.6 Å². The van der Waals surface area contributed by atoms with Gasteiger partial charge in [-0.2, -0.15) is 12.6 Å². The summed E-state index contributed by atoms with van der Waals surface area (Å²) in [6, 6.07) is 5.92. The molecule has 0 fully saturated rings. The lowest BCUT2D eigenvalue weighted by atomic mass is 10.0. The molecular formula is C13H13NOS. The van der Waals surface area contributed by atoms with Crippen molar-refractivity contribution in [3.8, 4) is 11.8 Å². The second-order valence-electron chi connectivity index (χ2n) is 3.70. The molecule has 0 aliphatic carbocycles. The second-order valence-corrected chi connectivity index (χ2v) is 4.14. The second kappa shape index (κ2) is 5.09. The summed E-state index contributed by atoms with van der Waals surface area (Å²) in [5.41, 5.74) is 3.12. The number of nitrogens with one attached hydrogen (secondary N) is 1. The SMILES string of the molecule is O=C1CCc2cc(C#CCCS)ccc2N1. The van der Waals surface area contributed by atoms with Crippen LogP contribution in [0.1, 0.15) is 24.0 Å². The van der Waals surface area contributed by atoms with Crippen LogP contribution in [0.3, 0.4) is 0 Å². The van der Waals surface area contributed by atoms with E-state index in [4.69, 9.17) is 0 Å². The van der Waals surface area contributed by atoms with Gasteiger partial charge < -0.3 is 5.32 Å². The molecular weight excluding hydrogens is 218 g/mol. The average molecular weight is 231 g/mol. The van der Waals surface area contributed by atoms with Crippen molar-refractivity contribution in [1.82, 2.24) is 0 Å². The van der Waals surface area contributed by atoms with Gasteiger partial charge in [-0.3, -0.25) is 4.79 Å². The lowest BCUT2D eigenvalue weighted by Crippen LogP contribution is -2.18. The van der Waals surface area contributed by atoms with E-state index in [2.05, 4.69) is 35.9 Å². The minimum absolute atomic E-state index is 0.0985. The van der Waals surface area contributed by atoms with E-state index in [1.165, 1.54) is 5.56 Å². The zero-order chi connectivity index (χ0) is 11.4. The molecule has 3 heteroatoms. The number of fused-ring (bicyclic) bond motifs is 1. The van der Waals surface area contributed by atoms with Gasteiger partial charge in [0, 0.05) is 29.8 Å². The highest BCUT2D eigenvalue weighted by molar-refractivity contribution is 7.80. The van der Waals surface area contributed by atoms with Gasteiger partial charge in [0.2, 0.25) is 5.91 Å². The van der Waals surface area contributed by atoms with Gasteiger partial charge in [-0.25, -0.2) is 0 Å². The van der Waals surface area contributed by atoms with Gasteiger partial charge >= 0.3 is 0 Å². The van der Waals surface area contributed by atoms with E-state index in [0.717, 1.165) is 29.8 Å². The molecule has 0 aromatic heterocycles. The Labute approximate surface area is 101 Å². The molecule has 1 N–H and O–H groups in total. The van der Waals surface area contributed by atoms with Gasteiger partial charge in [-0.1, -0.05) is 11.8 Å². The minimum Gasteiger partial charge on any atom is -0.326 e. The van der Waals surface area contributed by atoms with Crippen molar-refractivity contribution in [3.63, 3.8) is 0 Å². The van der Waals surface area contributed by atoms with Gasteiger partial charge in [-0.05, 0) is 30.2 Å². The number of aryl methyl sites for hydroxylation is 1. The molecule has 2 rings (SSSR count). The van der Waals surface area contributed by atoms with E-state index >= 15 is 0 Å². The molecule has 0 unspecified atom stereocenters. The van der Waals surface area contributed by atoms with Crippen LogP contribution in [0.25, 0.3) is 0 Å². The minimum atomic E-state index is 0.0985. The number of rotatable bonds is 1. The summed E-state index contributed by atoms with van der Waals surface area (Å²) in [7, 11) is 0. The molecule has 1 aliphatic rings. The van der Waals surface area contributed by atoms with Crippen molar-refractivity contribution < 1.29 is 4.79 Å². The predicted molar refractivity (Wildman–Crippen MR) is 68.7 cm³/mol. The van der Waals surface area contributed by atoms with Crippen molar-refractivity contribution in [3.05, 3.63) is 29.3 Å². The fourth-order valence-corrected chi connectivity index (χ4v) is 1.79. The number of hydrogen-bond donors (Lipinski definition) is 2. The van der Waals surface area contributed by atoms with Gasteiger partial charge in [-0.15, -0.1) is 0 Å². The Morgan fingerprint density at radius 1 is 1.38 bits per heavy atom. The fraction of sp³-hybridized carbons (Fsp3) is 0.308. The highest BCUT2D eigenvalue weighted by Gasteiger charge is 2.13. The molecule has 1 aliphatic heterocycles. The molecule has 0 saturated heterocycles. The highest BCUT2D eigenvalue weighted by Crippen LogP contribution is 2.23. The van der Waals surface area contributed by atoms with Crippen LogP contribution in [0.2, 0.25) is 0 Å². The number of carbonyl (C=O) groups is 1. The van der Waals surface area contributed by atoms with Gasteiger partial charge in [0.25, 0.3) is 0 Å². The Morgan fingerprint density at radius 3 is 3.06 bits per heavy atom. The third-order valence-corrected chi connectivity index (χ3v) is 2.69. The van der Waals surface area contributed by atoms with Crippen LogP contribution in [-0.2, 0) is 11.2 Å². The van der Waals surface area contributed by atoms with E-state index in [-0.39, 0.29) is 5.91 Å². The van der Waals surface area contributed by atoms with Crippen molar-refractivity contribution in [2.45, 2.75) is 19.3 Å². The van der Waals surface area contributed by atoms with Gasteiger partial charge in [0.05, 0.1) is 0 Å². The van der Waals surface area contributed by atoms with Crippen LogP contribution in [-0.4, -0.2) is 11.7 Å². The van der Waals surface area contributed by atoms with Crippen molar-refractivity contribution >= 4 is 24.2 Å². The monoisotopic (exact) mass is 231 g/mol. The lowest BCUT2D eigenvalue weighted by Gasteiger charge is -2.16. The first-order valence-corrected chi connectivity index (χ1v) is 5.95.